The SMILES string of the molecule is C=CCOc1ccc(/C=[N+](\C)[O-])cc1. The maximum Gasteiger partial charge on any atom is 0.181 e. The summed E-state index contributed by atoms with van der Waals surface area (Å²) in [5.74, 6) is 0.774. The van der Waals surface area contributed by atoms with Crippen LogP contribution in [0.25, 0.3) is 0 Å². The van der Waals surface area contributed by atoms with Crippen molar-refractivity contribution in [2.75, 3.05) is 13.7 Å². The molecule has 74 valence electrons. The third kappa shape index (κ3) is 3.31. The lowest BCUT2D eigenvalue weighted by Gasteiger charge is -2.02. The van der Waals surface area contributed by atoms with Crippen LogP contribution in [0, 0.1) is 5.21 Å². The number of nitrogens with zero attached hydrogens (tertiary/aromatic N) is 1. The molecule has 0 aliphatic rings. The largest absolute Gasteiger partial charge is 0.624 e. The average molecular weight is 191 g/mol. The van der Waals surface area contributed by atoms with Crippen LogP contribution in [0.2, 0.25) is 0 Å². The van der Waals surface area contributed by atoms with Crippen molar-refractivity contribution < 1.29 is 9.48 Å². The van der Waals surface area contributed by atoms with E-state index in [-0.39, 0.29) is 0 Å². The van der Waals surface area contributed by atoms with Crippen LogP contribution in [0.3, 0.4) is 0 Å². The molecule has 3 nitrogen and oxygen atoms in total. The second kappa shape index (κ2) is 5.07. The molecule has 14 heavy (non-hydrogen) atoms. The van der Waals surface area contributed by atoms with Gasteiger partial charge in [-0.15, -0.1) is 0 Å². The molecule has 0 aromatic heterocycles. The second-order valence-electron chi connectivity index (χ2n) is 2.84. The summed E-state index contributed by atoms with van der Waals surface area (Å²) in [6.07, 6.45) is 3.18. The van der Waals surface area contributed by atoms with Crippen LogP contribution in [0.5, 0.6) is 5.75 Å². The standard InChI is InChI=1S/C11H13NO2/c1-3-8-14-11-6-4-10(5-7-11)9-12(2)13/h3-7,9H,1,8H2,2H3/b12-9+. The van der Waals surface area contributed by atoms with E-state index < -0.39 is 0 Å². The smallest absolute Gasteiger partial charge is 0.181 e. The lowest BCUT2D eigenvalue weighted by Crippen LogP contribution is -1.97. The van der Waals surface area contributed by atoms with Crippen LogP contribution in [0.1, 0.15) is 5.56 Å². The number of hydrogen-bond acceptors (Lipinski definition) is 2. The first kappa shape index (κ1) is 10.3. The van der Waals surface area contributed by atoms with Gasteiger partial charge in [0.15, 0.2) is 6.21 Å². The van der Waals surface area contributed by atoms with Crippen LogP contribution in [-0.4, -0.2) is 24.6 Å². The Labute approximate surface area is 83.5 Å². The molecule has 0 radical (unpaired) electrons. The topological polar surface area (TPSA) is 35.3 Å². The van der Waals surface area contributed by atoms with Gasteiger partial charge in [-0.05, 0) is 24.3 Å². The molecular formula is C11H13NO2. The Kier molecular flexibility index (Phi) is 3.73. The molecule has 0 saturated heterocycles. The third-order valence-corrected chi connectivity index (χ3v) is 1.58. The highest BCUT2D eigenvalue weighted by Crippen LogP contribution is 2.10. The minimum atomic E-state index is 0.491. The highest BCUT2D eigenvalue weighted by molar-refractivity contribution is 5.75. The van der Waals surface area contributed by atoms with E-state index in [0.29, 0.717) is 6.61 Å². The van der Waals surface area contributed by atoms with Gasteiger partial charge in [-0.25, -0.2) is 4.74 Å². The molecular weight excluding hydrogens is 178 g/mol. The lowest BCUT2D eigenvalue weighted by atomic mass is 10.2. The Bertz CT molecular complexity index is 324. The van der Waals surface area contributed by atoms with Crippen molar-refractivity contribution in [1.82, 2.24) is 0 Å². The van der Waals surface area contributed by atoms with E-state index in [1.54, 1.807) is 6.08 Å². The van der Waals surface area contributed by atoms with Gasteiger partial charge in [-0.3, -0.25) is 0 Å². The summed E-state index contributed by atoms with van der Waals surface area (Å²) in [6.45, 7) is 4.04. The molecule has 0 fully saturated rings. The molecule has 0 amide bonds. The fraction of sp³-hybridized carbons (Fsp3) is 0.182. The number of benzene rings is 1. The van der Waals surface area contributed by atoms with Gasteiger partial charge in [0.1, 0.15) is 19.4 Å². The fourth-order valence-electron chi connectivity index (χ4n) is 1.02. The van der Waals surface area contributed by atoms with Gasteiger partial charge in [0.25, 0.3) is 0 Å². The van der Waals surface area contributed by atoms with Gasteiger partial charge >= 0.3 is 0 Å². The Morgan fingerprint density at radius 1 is 1.43 bits per heavy atom. The van der Waals surface area contributed by atoms with Crippen LogP contribution in [0.4, 0.5) is 0 Å². The van der Waals surface area contributed by atoms with E-state index in [9.17, 15) is 5.21 Å². The monoisotopic (exact) mass is 191 g/mol. The minimum absolute atomic E-state index is 0.491. The molecule has 0 heterocycles. The molecule has 0 atom stereocenters. The summed E-state index contributed by atoms with van der Waals surface area (Å²) in [5, 5.41) is 10.7. The molecule has 1 aromatic carbocycles. The third-order valence-electron chi connectivity index (χ3n) is 1.58. The highest BCUT2D eigenvalue weighted by Gasteiger charge is 1.94. The summed E-state index contributed by atoms with van der Waals surface area (Å²) >= 11 is 0. The van der Waals surface area contributed by atoms with Gasteiger partial charge < -0.3 is 9.94 Å². The van der Waals surface area contributed by atoms with Crippen LogP contribution in [0.15, 0.2) is 36.9 Å². The predicted molar refractivity (Wildman–Crippen MR) is 56.9 cm³/mol. The van der Waals surface area contributed by atoms with Crippen molar-refractivity contribution >= 4 is 6.21 Å². The normalized spacial score (nSPS) is 11.1. The van der Waals surface area contributed by atoms with Crippen LogP contribution >= 0.6 is 0 Å². The Balaban J connectivity index is 2.68. The van der Waals surface area contributed by atoms with E-state index in [2.05, 4.69) is 6.58 Å². The Hall–Kier alpha value is -1.77. The van der Waals surface area contributed by atoms with Gasteiger partial charge in [0.2, 0.25) is 0 Å². The van der Waals surface area contributed by atoms with Crippen LogP contribution in [-0.2, 0) is 0 Å². The number of hydrogen-bond donors (Lipinski definition) is 0. The lowest BCUT2D eigenvalue weighted by molar-refractivity contribution is -0.416. The first-order valence-corrected chi connectivity index (χ1v) is 4.31. The maximum atomic E-state index is 10.7. The molecule has 0 aliphatic carbocycles. The first-order valence-electron chi connectivity index (χ1n) is 4.31. The number of hydroxylamine groups is 1. The van der Waals surface area contributed by atoms with Crippen LogP contribution < -0.4 is 4.74 Å². The molecule has 0 unspecified atom stereocenters. The maximum absolute atomic E-state index is 10.7. The Morgan fingerprint density at radius 3 is 2.57 bits per heavy atom. The van der Waals surface area contributed by atoms with Crippen molar-refractivity contribution in [3.05, 3.63) is 47.7 Å². The quantitative estimate of drug-likeness (QED) is 0.239. The van der Waals surface area contributed by atoms with Gasteiger partial charge in [-0.2, -0.15) is 0 Å². The van der Waals surface area contributed by atoms with Gasteiger partial charge in [0.05, 0.1) is 0 Å². The zero-order chi connectivity index (χ0) is 10.4. The van der Waals surface area contributed by atoms with Crippen molar-refractivity contribution in [2.45, 2.75) is 0 Å². The first-order chi connectivity index (χ1) is 6.72. The average Bonchev–Trinajstić information content (AvgIpc) is 2.16. The van der Waals surface area contributed by atoms with Gasteiger partial charge in [-0.1, -0.05) is 12.7 Å². The van der Waals surface area contributed by atoms with E-state index in [1.165, 1.54) is 13.3 Å². The Morgan fingerprint density at radius 2 is 2.07 bits per heavy atom. The molecule has 0 N–H and O–H groups in total. The summed E-state index contributed by atoms with van der Waals surface area (Å²) in [4.78, 5) is 0. The molecule has 0 aliphatic heterocycles. The predicted octanol–water partition coefficient (Wildman–Crippen LogP) is 1.81. The van der Waals surface area contributed by atoms with Crippen molar-refractivity contribution in [3.63, 3.8) is 0 Å². The van der Waals surface area contributed by atoms with E-state index >= 15 is 0 Å². The van der Waals surface area contributed by atoms with Crippen molar-refractivity contribution in [1.29, 1.82) is 0 Å². The summed E-state index contributed by atoms with van der Waals surface area (Å²) in [5.41, 5.74) is 0.855. The molecule has 1 rings (SSSR count). The molecule has 0 saturated carbocycles. The molecule has 0 spiro atoms. The molecule has 0 bridgehead atoms. The zero-order valence-electron chi connectivity index (χ0n) is 8.14. The molecule has 1 aromatic rings. The van der Waals surface area contributed by atoms with E-state index in [4.69, 9.17) is 4.74 Å². The summed E-state index contributed by atoms with van der Waals surface area (Å²) in [7, 11) is 1.45. The minimum Gasteiger partial charge on any atom is -0.624 e. The second-order valence-corrected chi connectivity index (χ2v) is 2.84. The number of ether oxygens (including phenoxy) is 1. The molecule has 3 heteroatoms. The van der Waals surface area contributed by atoms with Crippen molar-refractivity contribution in [3.8, 4) is 5.75 Å². The zero-order valence-corrected chi connectivity index (χ0v) is 8.14. The summed E-state index contributed by atoms with van der Waals surface area (Å²) in [6, 6.07) is 7.29. The van der Waals surface area contributed by atoms with E-state index in [0.717, 1.165) is 16.1 Å². The van der Waals surface area contributed by atoms with Crippen molar-refractivity contribution in [2.24, 2.45) is 0 Å². The highest BCUT2D eigenvalue weighted by atomic mass is 16.5. The fourth-order valence-corrected chi connectivity index (χ4v) is 1.02. The van der Waals surface area contributed by atoms with Gasteiger partial charge in [0, 0.05) is 5.56 Å². The number of rotatable bonds is 4. The van der Waals surface area contributed by atoms with E-state index in [1.807, 2.05) is 24.3 Å². The summed E-state index contributed by atoms with van der Waals surface area (Å²) < 4.78 is 6.05.